The van der Waals surface area contributed by atoms with Crippen LogP contribution in [0.25, 0.3) is 0 Å². The van der Waals surface area contributed by atoms with Gasteiger partial charge in [0.2, 0.25) is 0 Å². The Morgan fingerprint density at radius 1 is 1.25 bits per heavy atom. The number of hydrogen-bond acceptors (Lipinski definition) is 9. The highest BCUT2D eigenvalue weighted by atomic mass is 19.1. The average Bonchev–Trinajstić information content (AvgIpc) is 2.99. The van der Waals surface area contributed by atoms with Gasteiger partial charge in [-0.15, -0.1) is 13.2 Å². The van der Waals surface area contributed by atoms with Crippen molar-refractivity contribution >= 4 is 6.34 Å². The molecular weight excluding hydrogens is 513 g/mol. The molecule has 1 aromatic carbocycles. The van der Waals surface area contributed by atoms with Crippen molar-refractivity contribution < 1.29 is 23.3 Å². The van der Waals surface area contributed by atoms with E-state index in [0.717, 1.165) is 56.8 Å². The second-order valence-electron chi connectivity index (χ2n) is 9.17. The summed E-state index contributed by atoms with van der Waals surface area (Å²) in [5.74, 6) is 1.96. The number of methoxy groups -OCH3 is 1. The fourth-order valence-electron chi connectivity index (χ4n) is 4.09. The van der Waals surface area contributed by atoms with Gasteiger partial charge in [-0.25, -0.2) is 4.39 Å². The van der Waals surface area contributed by atoms with Gasteiger partial charge in [0.15, 0.2) is 17.4 Å². The van der Waals surface area contributed by atoms with E-state index in [2.05, 4.69) is 46.7 Å². The zero-order valence-corrected chi connectivity index (χ0v) is 24.2. The number of allylic oxidation sites excluding steroid dienone is 3. The molecule has 1 saturated heterocycles. The standard InChI is InChI=1S/C28H42FN5O4.C2H4/c1-4-6-21(2)7-8-23(29)19-31-27-17-28(33-20-32-27)38-24-16-25(35-3)26(15-22(24)18-30)37-12-5-9-34-10-13-36-14-11-34;1-2/h6,8,15-17,20,27,31H,4-5,7,9-14,18-19,30H2,1-3H3,(H,32,33);1-2H2/b21-6-,23-8+;. The maximum absolute atomic E-state index is 14.2. The summed E-state index contributed by atoms with van der Waals surface area (Å²) in [7, 11) is 1.59. The molecule has 0 aliphatic carbocycles. The van der Waals surface area contributed by atoms with Crippen molar-refractivity contribution in [3.8, 4) is 17.2 Å². The van der Waals surface area contributed by atoms with Gasteiger partial charge in [0.1, 0.15) is 17.7 Å². The molecule has 40 heavy (non-hydrogen) atoms. The molecule has 1 atom stereocenters. The summed E-state index contributed by atoms with van der Waals surface area (Å²) in [6.45, 7) is 15.4. The molecule has 1 fully saturated rings. The Kier molecular flexibility index (Phi) is 15.7. The van der Waals surface area contributed by atoms with Crippen LogP contribution in [0, 0.1) is 0 Å². The average molecular weight is 560 g/mol. The number of benzene rings is 1. The highest BCUT2D eigenvalue weighted by molar-refractivity contribution is 5.59. The molecule has 10 heteroatoms. The van der Waals surface area contributed by atoms with Crippen LogP contribution in [-0.2, 0) is 11.3 Å². The largest absolute Gasteiger partial charge is 0.493 e. The number of halogens is 1. The number of morpholine rings is 1. The fourth-order valence-corrected chi connectivity index (χ4v) is 4.09. The molecule has 222 valence electrons. The van der Waals surface area contributed by atoms with E-state index in [1.54, 1.807) is 25.3 Å². The predicted molar refractivity (Wildman–Crippen MR) is 159 cm³/mol. The zero-order valence-electron chi connectivity index (χ0n) is 24.2. The van der Waals surface area contributed by atoms with Crippen LogP contribution in [0.2, 0.25) is 0 Å². The Morgan fingerprint density at radius 3 is 2.73 bits per heavy atom. The molecular formula is C30H46FN5O4. The number of nitrogens with two attached hydrogens (primary N) is 1. The van der Waals surface area contributed by atoms with Gasteiger partial charge in [0.25, 0.3) is 0 Å². The van der Waals surface area contributed by atoms with E-state index in [1.807, 2.05) is 13.0 Å². The maximum Gasteiger partial charge on any atom is 0.197 e. The molecule has 0 saturated carbocycles. The molecule has 3 rings (SSSR count). The number of aliphatic imine (C=N–C) groups is 1. The molecule has 0 bridgehead atoms. The first-order valence-electron chi connectivity index (χ1n) is 13.8. The number of ether oxygens (including phenoxy) is 4. The normalized spacial score (nSPS) is 17.8. The minimum absolute atomic E-state index is 0.0740. The molecule has 0 radical (unpaired) electrons. The number of nitrogens with zero attached hydrogens (tertiary/aromatic N) is 2. The Hall–Kier alpha value is -3.18. The number of hydrogen-bond donors (Lipinski definition) is 3. The quantitative estimate of drug-likeness (QED) is 0.214. The fraction of sp³-hybridized carbons (Fsp3) is 0.500. The van der Waals surface area contributed by atoms with Crippen molar-refractivity contribution in [2.75, 3.05) is 53.1 Å². The minimum atomic E-state index is -0.435. The van der Waals surface area contributed by atoms with Crippen LogP contribution in [0.4, 0.5) is 4.39 Å². The van der Waals surface area contributed by atoms with Gasteiger partial charge >= 0.3 is 0 Å². The second-order valence-corrected chi connectivity index (χ2v) is 9.17. The molecule has 2 aliphatic heterocycles. The first-order chi connectivity index (χ1) is 19.5. The minimum Gasteiger partial charge on any atom is -0.493 e. The van der Waals surface area contributed by atoms with Gasteiger partial charge in [-0.1, -0.05) is 18.6 Å². The number of rotatable bonds is 15. The van der Waals surface area contributed by atoms with E-state index in [-0.39, 0.29) is 18.9 Å². The third-order valence-electron chi connectivity index (χ3n) is 6.20. The van der Waals surface area contributed by atoms with Crippen molar-refractivity contribution in [3.63, 3.8) is 0 Å². The van der Waals surface area contributed by atoms with E-state index in [0.29, 0.717) is 36.2 Å². The van der Waals surface area contributed by atoms with E-state index in [9.17, 15) is 4.39 Å². The summed E-state index contributed by atoms with van der Waals surface area (Å²) >= 11 is 0. The van der Waals surface area contributed by atoms with Gasteiger partial charge in [-0.05, 0) is 38.3 Å². The number of nitrogens with one attached hydrogen (secondary N) is 2. The molecule has 2 heterocycles. The molecule has 0 amide bonds. The van der Waals surface area contributed by atoms with Crippen molar-refractivity contribution in [3.05, 3.63) is 66.4 Å². The lowest BCUT2D eigenvalue weighted by atomic mass is 10.1. The molecule has 9 nitrogen and oxygen atoms in total. The van der Waals surface area contributed by atoms with E-state index < -0.39 is 6.17 Å². The zero-order chi connectivity index (χ0) is 29.2. The second kappa shape index (κ2) is 19.0. The van der Waals surface area contributed by atoms with Crippen LogP contribution in [0.1, 0.15) is 38.7 Å². The SMILES string of the molecule is C=C.CC/C=C(/C)C/C=C(/F)CNC1C=C(Oc2cc(OC)c(OCCCN3CCOCC3)cc2CN)NC=N1. The third kappa shape index (κ3) is 11.5. The van der Waals surface area contributed by atoms with Crippen LogP contribution >= 0.6 is 0 Å². The van der Waals surface area contributed by atoms with Crippen molar-refractivity contribution in [1.29, 1.82) is 0 Å². The Balaban J connectivity index is 0.00000274. The monoisotopic (exact) mass is 559 g/mol. The summed E-state index contributed by atoms with van der Waals surface area (Å²) < 4.78 is 37.3. The highest BCUT2D eigenvalue weighted by Crippen LogP contribution is 2.35. The Bertz CT molecular complexity index is 1020. The van der Waals surface area contributed by atoms with E-state index in [1.165, 1.54) is 6.34 Å². The molecule has 0 aromatic heterocycles. The smallest absolute Gasteiger partial charge is 0.197 e. The maximum atomic E-state index is 14.2. The highest BCUT2D eigenvalue weighted by Gasteiger charge is 2.17. The van der Waals surface area contributed by atoms with Crippen molar-refractivity contribution in [1.82, 2.24) is 15.5 Å². The van der Waals surface area contributed by atoms with Gasteiger partial charge in [-0.3, -0.25) is 15.2 Å². The Labute approximate surface area is 238 Å². The van der Waals surface area contributed by atoms with Gasteiger partial charge in [-0.2, -0.15) is 0 Å². The summed E-state index contributed by atoms with van der Waals surface area (Å²) in [6.07, 6.45) is 8.96. The van der Waals surface area contributed by atoms with Crippen LogP contribution in [0.5, 0.6) is 17.2 Å². The summed E-state index contributed by atoms with van der Waals surface area (Å²) in [4.78, 5) is 6.67. The van der Waals surface area contributed by atoms with Crippen molar-refractivity contribution in [2.45, 2.75) is 45.8 Å². The summed E-state index contributed by atoms with van der Waals surface area (Å²) in [5.41, 5.74) is 7.94. The van der Waals surface area contributed by atoms with Gasteiger partial charge < -0.3 is 30.0 Å². The van der Waals surface area contributed by atoms with Gasteiger partial charge in [0, 0.05) is 50.4 Å². The van der Waals surface area contributed by atoms with Gasteiger partial charge in [0.05, 0.1) is 33.3 Å². The first-order valence-corrected chi connectivity index (χ1v) is 13.8. The lowest BCUT2D eigenvalue weighted by Gasteiger charge is -2.26. The lowest BCUT2D eigenvalue weighted by Crippen LogP contribution is -2.37. The summed E-state index contributed by atoms with van der Waals surface area (Å²) in [6, 6.07) is 3.62. The molecule has 1 unspecified atom stereocenters. The van der Waals surface area contributed by atoms with E-state index >= 15 is 0 Å². The van der Waals surface area contributed by atoms with Crippen LogP contribution < -0.4 is 30.6 Å². The molecule has 2 aliphatic rings. The molecule has 4 N–H and O–H groups in total. The van der Waals surface area contributed by atoms with Crippen LogP contribution in [0.15, 0.2) is 65.8 Å². The topological polar surface area (TPSA) is 103 Å². The van der Waals surface area contributed by atoms with Crippen LogP contribution in [-0.4, -0.2) is 70.5 Å². The lowest BCUT2D eigenvalue weighted by molar-refractivity contribution is 0.0357. The van der Waals surface area contributed by atoms with E-state index in [4.69, 9.17) is 24.7 Å². The summed E-state index contributed by atoms with van der Waals surface area (Å²) in [5, 5.41) is 6.05. The Morgan fingerprint density at radius 2 is 2.02 bits per heavy atom. The van der Waals surface area contributed by atoms with Crippen molar-refractivity contribution in [2.24, 2.45) is 10.7 Å². The molecule has 1 aromatic rings. The van der Waals surface area contributed by atoms with Crippen LogP contribution in [0.3, 0.4) is 0 Å². The first kappa shape index (κ1) is 33.0. The third-order valence-corrected chi connectivity index (χ3v) is 6.20. The molecule has 0 spiro atoms. The predicted octanol–water partition coefficient (Wildman–Crippen LogP) is 4.42.